The van der Waals surface area contributed by atoms with Crippen molar-refractivity contribution in [3.05, 3.63) is 26.6 Å². The quantitative estimate of drug-likeness (QED) is 0.875. The lowest BCUT2D eigenvalue weighted by molar-refractivity contribution is 0.369. The zero-order chi connectivity index (χ0) is 15.1. The molecule has 2 aromatic heterocycles. The summed E-state index contributed by atoms with van der Waals surface area (Å²) in [5.41, 5.74) is 1.44. The van der Waals surface area contributed by atoms with Gasteiger partial charge in [0.05, 0.1) is 11.9 Å². The molecule has 0 amide bonds. The normalized spacial score (nSPS) is 15.1. The Hall–Kier alpha value is -1.20. The third-order valence-electron chi connectivity index (χ3n) is 4.07. The van der Waals surface area contributed by atoms with Gasteiger partial charge in [-0.3, -0.25) is 9.36 Å². The molecule has 0 bridgehead atoms. The predicted molar refractivity (Wildman–Crippen MR) is 88.3 cm³/mol. The van der Waals surface area contributed by atoms with Crippen LogP contribution in [0.1, 0.15) is 49.0 Å². The second-order valence-corrected chi connectivity index (χ2v) is 7.51. The SMILES string of the molecule is CC(C)n1c(CN(C)C)nc2sc3c(c2c1=O)CCCC3. The zero-order valence-electron chi connectivity index (χ0n) is 13.3. The highest BCUT2D eigenvalue weighted by Gasteiger charge is 2.22. The Labute approximate surface area is 129 Å². The van der Waals surface area contributed by atoms with Gasteiger partial charge in [-0.25, -0.2) is 4.98 Å². The van der Waals surface area contributed by atoms with Crippen molar-refractivity contribution in [1.29, 1.82) is 0 Å². The van der Waals surface area contributed by atoms with Gasteiger partial charge in [0, 0.05) is 10.9 Å². The molecule has 0 saturated carbocycles. The van der Waals surface area contributed by atoms with E-state index in [0.717, 1.165) is 28.9 Å². The Kier molecular flexibility index (Phi) is 3.88. The molecule has 114 valence electrons. The fraction of sp³-hybridized carbons (Fsp3) is 0.625. The van der Waals surface area contributed by atoms with Crippen LogP contribution in [0.15, 0.2) is 4.79 Å². The van der Waals surface area contributed by atoms with Gasteiger partial charge in [0.25, 0.3) is 5.56 Å². The number of hydrogen-bond acceptors (Lipinski definition) is 4. The third-order valence-corrected chi connectivity index (χ3v) is 5.25. The van der Waals surface area contributed by atoms with Gasteiger partial charge in [0.15, 0.2) is 0 Å². The van der Waals surface area contributed by atoms with E-state index in [4.69, 9.17) is 4.98 Å². The first-order valence-corrected chi connectivity index (χ1v) is 8.51. The smallest absolute Gasteiger partial charge is 0.262 e. The van der Waals surface area contributed by atoms with Gasteiger partial charge in [-0.2, -0.15) is 0 Å². The van der Waals surface area contributed by atoms with E-state index < -0.39 is 0 Å². The maximum atomic E-state index is 13.0. The van der Waals surface area contributed by atoms with E-state index in [-0.39, 0.29) is 11.6 Å². The Bertz CT molecular complexity index is 727. The standard InChI is InChI=1S/C16H23N3OS/c1-10(2)19-13(9-18(3)4)17-15-14(16(19)20)11-7-5-6-8-12(11)21-15/h10H,5-9H2,1-4H3. The van der Waals surface area contributed by atoms with Gasteiger partial charge in [0.2, 0.25) is 0 Å². The van der Waals surface area contributed by atoms with Crippen LogP contribution in [0.5, 0.6) is 0 Å². The van der Waals surface area contributed by atoms with Crippen LogP contribution in [0.25, 0.3) is 10.2 Å². The lowest BCUT2D eigenvalue weighted by Gasteiger charge is -2.18. The fourth-order valence-electron chi connectivity index (χ4n) is 3.19. The molecule has 0 atom stereocenters. The highest BCUT2D eigenvalue weighted by atomic mass is 32.1. The van der Waals surface area contributed by atoms with Crippen LogP contribution in [-0.2, 0) is 19.4 Å². The fourth-order valence-corrected chi connectivity index (χ4v) is 4.46. The van der Waals surface area contributed by atoms with Gasteiger partial charge >= 0.3 is 0 Å². The largest absolute Gasteiger partial charge is 0.302 e. The summed E-state index contributed by atoms with van der Waals surface area (Å²) in [6.07, 6.45) is 4.58. The first-order chi connectivity index (χ1) is 9.99. The summed E-state index contributed by atoms with van der Waals surface area (Å²) in [5, 5.41) is 0.894. The van der Waals surface area contributed by atoms with Crippen LogP contribution >= 0.6 is 11.3 Å². The second-order valence-electron chi connectivity index (χ2n) is 6.43. The molecular weight excluding hydrogens is 282 g/mol. The van der Waals surface area contributed by atoms with Crippen LogP contribution in [-0.4, -0.2) is 28.5 Å². The lowest BCUT2D eigenvalue weighted by Crippen LogP contribution is -2.29. The van der Waals surface area contributed by atoms with Crippen molar-refractivity contribution >= 4 is 21.6 Å². The minimum Gasteiger partial charge on any atom is -0.302 e. The first-order valence-electron chi connectivity index (χ1n) is 7.69. The van der Waals surface area contributed by atoms with Gasteiger partial charge in [-0.05, 0) is 59.2 Å². The highest BCUT2D eigenvalue weighted by molar-refractivity contribution is 7.18. The molecule has 0 unspecified atom stereocenters. The number of aromatic nitrogens is 2. The number of hydrogen-bond donors (Lipinski definition) is 0. The molecule has 4 nitrogen and oxygen atoms in total. The molecule has 0 N–H and O–H groups in total. The van der Waals surface area contributed by atoms with E-state index in [9.17, 15) is 4.79 Å². The van der Waals surface area contributed by atoms with Crippen LogP contribution in [0.2, 0.25) is 0 Å². The van der Waals surface area contributed by atoms with Crippen LogP contribution < -0.4 is 5.56 Å². The summed E-state index contributed by atoms with van der Waals surface area (Å²) in [5.74, 6) is 0.881. The molecule has 5 heteroatoms. The molecule has 2 aromatic rings. The summed E-state index contributed by atoms with van der Waals surface area (Å²) < 4.78 is 1.88. The Balaban J connectivity index is 2.29. The highest BCUT2D eigenvalue weighted by Crippen LogP contribution is 2.34. The summed E-state index contributed by atoms with van der Waals surface area (Å²) in [7, 11) is 4.03. The van der Waals surface area contributed by atoms with Crippen molar-refractivity contribution in [2.45, 2.75) is 52.1 Å². The monoisotopic (exact) mass is 305 g/mol. The van der Waals surface area contributed by atoms with E-state index in [1.54, 1.807) is 11.3 Å². The Morgan fingerprint density at radius 1 is 1.29 bits per heavy atom. The maximum absolute atomic E-state index is 13.0. The third kappa shape index (κ3) is 2.53. The lowest BCUT2D eigenvalue weighted by atomic mass is 9.97. The molecule has 0 aliphatic heterocycles. The van der Waals surface area contributed by atoms with Gasteiger partial charge in [-0.15, -0.1) is 11.3 Å². The van der Waals surface area contributed by atoms with Gasteiger partial charge in [0.1, 0.15) is 10.7 Å². The first kappa shape index (κ1) is 14.7. The number of nitrogens with zero attached hydrogens (tertiary/aromatic N) is 3. The van der Waals surface area contributed by atoms with E-state index in [1.165, 1.54) is 23.3 Å². The molecule has 1 aliphatic carbocycles. The van der Waals surface area contributed by atoms with Gasteiger partial charge < -0.3 is 4.90 Å². The molecule has 2 heterocycles. The molecule has 0 saturated heterocycles. The predicted octanol–water partition coefficient (Wildman–Crippen LogP) is 2.98. The van der Waals surface area contributed by atoms with Crippen molar-refractivity contribution in [2.24, 2.45) is 0 Å². The number of fused-ring (bicyclic) bond motifs is 3. The van der Waals surface area contributed by atoms with Crippen molar-refractivity contribution < 1.29 is 0 Å². The number of thiophene rings is 1. The summed E-state index contributed by atoms with van der Waals surface area (Å²) in [6, 6.07) is 0.142. The van der Waals surface area contributed by atoms with E-state index in [0.29, 0.717) is 6.54 Å². The molecule has 0 fully saturated rings. The van der Waals surface area contributed by atoms with Crippen molar-refractivity contribution in [2.75, 3.05) is 14.1 Å². The molecule has 3 rings (SSSR count). The summed E-state index contributed by atoms with van der Waals surface area (Å²) >= 11 is 1.73. The van der Waals surface area contributed by atoms with Crippen LogP contribution in [0.3, 0.4) is 0 Å². The summed E-state index contributed by atoms with van der Waals surface area (Å²) in [6.45, 7) is 4.83. The average molecular weight is 305 g/mol. The van der Waals surface area contributed by atoms with E-state index >= 15 is 0 Å². The minimum absolute atomic E-state index is 0.142. The van der Waals surface area contributed by atoms with E-state index in [1.807, 2.05) is 18.7 Å². The molecular formula is C16H23N3OS. The van der Waals surface area contributed by atoms with Crippen LogP contribution in [0.4, 0.5) is 0 Å². The Morgan fingerprint density at radius 3 is 2.67 bits per heavy atom. The zero-order valence-corrected chi connectivity index (χ0v) is 14.1. The van der Waals surface area contributed by atoms with Crippen molar-refractivity contribution in [3.63, 3.8) is 0 Å². The molecule has 0 aromatic carbocycles. The van der Waals surface area contributed by atoms with Crippen molar-refractivity contribution in [1.82, 2.24) is 14.5 Å². The number of rotatable bonds is 3. The van der Waals surface area contributed by atoms with Crippen LogP contribution in [0, 0.1) is 0 Å². The topological polar surface area (TPSA) is 38.1 Å². The van der Waals surface area contributed by atoms with E-state index in [2.05, 4.69) is 18.7 Å². The second kappa shape index (κ2) is 5.54. The molecule has 21 heavy (non-hydrogen) atoms. The summed E-state index contributed by atoms with van der Waals surface area (Å²) in [4.78, 5) is 22.3. The van der Waals surface area contributed by atoms with Crippen molar-refractivity contribution in [3.8, 4) is 0 Å². The Morgan fingerprint density at radius 2 is 2.00 bits per heavy atom. The molecule has 0 radical (unpaired) electrons. The number of aryl methyl sites for hydroxylation is 2. The molecule has 0 spiro atoms. The average Bonchev–Trinajstić information content (AvgIpc) is 2.75. The molecule has 1 aliphatic rings. The maximum Gasteiger partial charge on any atom is 0.262 e. The van der Waals surface area contributed by atoms with Gasteiger partial charge in [-0.1, -0.05) is 0 Å². The minimum atomic E-state index is 0.142.